The van der Waals surface area contributed by atoms with Crippen molar-refractivity contribution in [3.8, 4) is 0 Å². The predicted molar refractivity (Wildman–Crippen MR) is 123 cm³/mol. The van der Waals surface area contributed by atoms with Gasteiger partial charge in [0.05, 0.1) is 17.5 Å². The first kappa shape index (κ1) is 22.7. The number of benzene rings is 1. The average Bonchev–Trinajstić information content (AvgIpc) is 3.00. The number of nitrogens with one attached hydrogen (secondary N) is 1. The zero-order chi connectivity index (χ0) is 25.2. The SMILES string of the molecule is Cn1cc2cc(CS(C)(=O)=O)c(C(=O)O)c3c2c1C(=O)NC1=CCN(c2ncc(F)cc2F)C=C13. The number of rotatable bonds is 4. The highest BCUT2D eigenvalue weighted by atomic mass is 32.2. The second-order valence-electron chi connectivity index (χ2n) is 8.44. The van der Waals surface area contributed by atoms with E-state index in [1.165, 1.54) is 21.7 Å². The molecule has 0 spiro atoms. The van der Waals surface area contributed by atoms with Crippen LogP contribution in [0.3, 0.4) is 0 Å². The van der Waals surface area contributed by atoms with Gasteiger partial charge in [-0.15, -0.1) is 0 Å². The summed E-state index contributed by atoms with van der Waals surface area (Å²) in [7, 11) is -1.99. The van der Waals surface area contributed by atoms with Crippen molar-refractivity contribution in [2.24, 2.45) is 7.05 Å². The molecule has 2 aliphatic rings. The first-order valence-electron chi connectivity index (χ1n) is 10.3. The Labute approximate surface area is 197 Å². The number of aromatic nitrogens is 2. The molecule has 35 heavy (non-hydrogen) atoms. The van der Waals surface area contributed by atoms with Crippen LogP contribution in [-0.4, -0.2) is 47.8 Å². The zero-order valence-corrected chi connectivity index (χ0v) is 19.3. The number of carbonyl (C=O) groups is 2. The van der Waals surface area contributed by atoms with E-state index in [1.54, 1.807) is 19.3 Å². The van der Waals surface area contributed by atoms with E-state index in [2.05, 4.69) is 10.3 Å². The molecule has 0 bridgehead atoms. The van der Waals surface area contributed by atoms with Crippen LogP contribution in [0.2, 0.25) is 0 Å². The second kappa shape index (κ2) is 7.73. The molecule has 3 aromatic rings. The Morgan fingerprint density at radius 1 is 1.29 bits per heavy atom. The predicted octanol–water partition coefficient (Wildman–Crippen LogP) is 2.58. The van der Waals surface area contributed by atoms with Crippen molar-refractivity contribution in [3.63, 3.8) is 0 Å². The molecule has 2 aromatic heterocycles. The molecular weight excluding hydrogens is 482 g/mol. The van der Waals surface area contributed by atoms with Crippen molar-refractivity contribution in [2.75, 3.05) is 17.7 Å². The number of carboxylic acids is 1. The molecular formula is C23H18F2N4O5S. The van der Waals surface area contributed by atoms with Gasteiger partial charge in [-0.1, -0.05) is 0 Å². The lowest BCUT2D eigenvalue weighted by molar-refractivity contribution is 0.0695. The van der Waals surface area contributed by atoms with E-state index < -0.39 is 39.1 Å². The highest BCUT2D eigenvalue weighted by Crippen LogP contribution is 2.41. The molecule has 2 aliphatic heterocycles. The Balaban J connectivity index is 1.86. The fourth-order valence-electron chi connectivity index (χ4n) is 4.60. The summed E-state index contributed by atoms with van der Waals surface area (Å²) in [6, 6.07) is 2.13. The van der Waals surface area contributed by atoms with E-state index in [-0.39, 0.29) is 46.0 Å². The third-order valence-corrected chi connectivity index (χ3v) is 6.69. The number of hydrogen-bond acceptors (Lipinski definition) is 6. The van der Waals surface area contributed by atoms with Gasteiger partial charge in [0.1, 0.15) is 11.5 Å². The molecule has 9 nitrogen and oxygen atoms in total. The lowest BCUT2D eigenvalue weighted by atomic mass is 9.89. The quantitative estimate of drug-likeness (QED) is 0.565. The summed E-state index contributed by atoms with van der Waals surface area (Å²) in [5.74, 6) is -4.37. The van der Waals surface area contributed by atoms with E-state index in [0.717, 1.165) is 12.5 Å². The van der Waals surface area contributed by atoms with Gasteiger partial charge >= 0.3 is 5.97 Å². The minimum absolute atomic E-state index is 0.0532. The summed E-state index contributed by atoms with van der Waals surface area (Å²) in [5.41, 5.74) is 0.609. The Hall–Kier alpha value is -4.06. The molecule has 180 valence electrons. The molecule has 0 atom stereocenters. The molecule has 0 aliphatic carbocycles. The summed E-state index contributed by atoms with van der Waals surface area (Å²) in [4.78, 5) is 30.8. The number of aryl methyl sites for hydroxylation is 1. The maximum atomic E-state index is 14.5. The van der Waals surface area contributed by atoms with Crippen LogP contribution in [0.25, 0.3) is 16.3 Å². The maximum absolute atomic E-state index is 14.5. The number of anilines is 1. The number of allylic oxidation sites excluding steroid dienone is 1. The van der Waals surface area contributed by atoms with Gasteiger partial charge in [-0.3, -0.25) is 4.79 Å². The normalized spacial score (nSPS) is 15.3. The molecule has 4 heterocycles. The number of aromatic carboxylic acids is 1. The van der Waals surface area contributed by atoms with Crippen LogP contribution in [0.15, 0.2) is 42.5 Å². The zero-order valence-electron chi connectivity index (χ0n) is 18.5. The van der Waals surface area contributed by atoms with Crippen molar-refractivity contribution < 1.29 is 31.9 Å². The lowest BCUT2D eigenvalue weighted by Gasteiger charge is -2.27. The largest absolute Gasteiger partial charge is 0.478 e. The van der Waals surface area contributed by atoms with Crippen LogP contribution in [0.5, 0.6) is 0 Å². The lowest BCUT2D eigenvalue weighted by Crippen LogP contribution is -2.29. The summed E-state index contributed by atoms with van der Waals surface area (Å²) in [6.45, 7) is 0.0551. The highest BCUT2D eigenvalue weighted by molar-refractivity contribution is 7.89. The van der Waals surface area contributed by atoms with Crippen molar-refractivity contribution in [2.45, 2.75) is 5.75 Å². The van der Waals surface area contributed by atoms with Crippen molar-refractivity contribution in [3.05, 3.63) is 76.5 Å². The van der Waals surface area contributed by atoms with Gasteiger partial charge in [0.25, 0.3) is 5.91 Å². The van der Waals surface area contributed by atoms with Crippen molar-refractivity contribution >= 4 is 43.9 Å². The van der Waals surface area contributed by atoms with Gasteiger partial charge in [0.15, 0.2) is 21.5 Å². The molecule has 0 radical (unpaired) electrons. The molecule has 0 saturated heterocycles. The number of sulfone groups is 1. The number of halogens is 2. The summed E-state index contributed by atoms with van der Waals surface area (Å²) in [5, 5.41) is 13.7. The third kappa shape index (κ3) is 3.75. The first-order chi connectivity index (χ1) is 16.4. The highest BCUT2D eigenvalue weighted by Gasteiger charge is 2.34. The van der Waals surface area contributed by atoms with Gasteiger partial charge in [-0.05, 0) is 17.7 Å². The van der Waals surface area contributed by atoms with Gasteiger partial charge in [0, 0.05) is 65.9 Å². The summed E-state index contributed by atoms with van der Waals surface area (Å²) >= 11 is 0. The first-order valence-corrected chi connectivity index (χ1v) is 12.4. The third-order valence-electron chi connectivity index (χ3n) is 5.85. The standard InChI is InChI=1S/C23H18F2N4O5S/c1-28-8-11-5-12(10-35(2,33)34)18(23(31)32)19-14-9-29(21-15(25)6-13(24)7-26-21)4-3-16(14)27-22(30)20(28)17(11)19/h3,5-9H,4,10H2,1-2H3,(H,27,30)(H,31,32). The molecule has 0 unspecified atom stereocenters. The number of nitrogens with zero attached hydrogens (tertiary/aromatic N) is 3. The molecule has 2 N–H and O–H groups in total. The Bertz CT molecular complexity index is 1640. The van der Waals surface area contributed by atoms with Gasteiger partial charge in [0.2, 0.25) is 0 Å². The van der Waals surface area contributed by atoms with Crippen LogP contribution in [0, 0.1) is 11.6 Å². The topological polar surface area (TPSA) is 122 Å². The minimum Gasteiger partial charge on any atom is -0.478 e. The van der Waals surface area contributed by atoms with E-state index in [0.29, 0.717) is 16.8 Å². The average molecular weight is 500 g/mol. The molecule has 1 aromatic carbocycles. The number of carboxylic acid groups (broad SMARTS) is 1. The van der Waals surface area contributed by atoms with E-state index in [4.69, 9.17) is 0 Å². The number of hydrogen-bond donors (Lipinski definition) is 2. The fourth-order valence-corrected chi connectivity index (χ4v) is 5.39. The van der Waals surface area contributed by atoms with Crippen molar-refractivity contribution in [1.29, 1.82) is 0 Å². The maximum Gasteiger partial charge on any atom is 0.336 e. The van der Waals surface area contributed by atoms with Crippen molar-refractivity contribution in [1.82, 2.24) is 14.9 Å². The van der Waals surface area contributed by atoms with Crippen LogP contribution >= 0.6 is 0 Å². The summed E-state index contributed by atoms with van der Waals surface area (Å²) in [6.07, 6.45) is 6.45. The second-order valence-corrected chi connectivity index (χ2v) is 10.6. The van der Waals surface area contributed by atoms with Gasteiger partial charge in [-0.2, -0.15) is 0 Å². The fraction of sp³-hybridized carbons (Fsp3) is 0.174. The molecule has 0 fully saturated rings. The van der Waals surface area contributed by atoms with E-state index >= 15 is 0 Å². The molecule has 1 amide bonds. The van der Waals surface area contributed by atoms with E-state index in [1.807, 2.05) is 0 Å². The van der Waals surface area contributed by atoms with Crippen LogP contribution in [0.1, 0.15) is 32.0 Å². The van der Waals surface area contributed by atoms with Crippen LogP contribution < -0.4 is 10.2 Å². The smallest absolute Gasteiger partial charge is 0.336 e. The molecule has 0 saturated carbocycles. The van der Waals surface area contributed by atoms with Gasteiger partial charge < -0.3 is 19.9 Å². The Kier molecular flexibility index (Phi) is 5.02. The van der Waals surface area contributed by atoms with E-state index in [9.17, 15) is 31.9 Å². The molecule has 12 heteroatoms. The van der Waals surface area contributed by atoms with Crippen LogP contribution in [0.4, 0.5) is 14.6 Å². The minimum atomic E-state index is -3.62. The van der Waals surface area contributed by atoms with Gasteiger partial charge in [-0.25, -0.2) is 27.0 Å². The Morgan fingerprint density at radius 2 is 2.03 bits per heavy atom. The Morgan fingerprint density at radius 3 is 2.69 bits per heavy atom. The molecule has 5 rings (SSSR count). The number of pyridine rings is 1. The summed E-state index contributed by atoms with van der Waals surface area (Å²) < 4.78 is 53.7. The number of fused-ring (bicyclic) bond motifs is 2. The van der Waals surface area contributed by atoms with Crippen LogP contribution in [-0.2, 0) is 22.6 Å². The number of amides is 1. The number of carbonyl (C=O) groups excluding carboxylic acids is 1. The monoisotopic (exact) mass is 500 g/mol.